The number of phenolic OH excluding ortho intramolecular Hbond substituents is 1. The van der Waals surface area contributed by atoms with Gasteiger partial charge in [-0.1, -0.05) is 29.8 Å². The second-order valence-electron chi connectivity index (χ2n) is 4.21. The normalized spacial score (nSPS) is 11.4. The minimum Gasteiger partial charge on any atom is -0.508 e. The summed E-state index contributed by atoms with van der Waals surface area (Å²) in [5, 5.41) is 12.4. The minimum absolute atomic E-state index is 0.000362. The zero-order chi connectivity index (χ0) is 14.8. The predicted molar refractivity (Wildman–Crippen MR) is 71.9 cm³/mol. The monoisotopic (exact) mass is 301 g/mol. The molecular formula is C14H11ClF3NO. The number of nitrogens with one attached hydrogen (secondary N) is 1. The van der Waals surface area contributed by atoms with Gasteiger partial charge in [0.25, 0.3) is 0 Å². The van der Waals surface area contributed by atoms with Crippen molar-refractivity contribution in [2.75, 3.05) is 5.32 Å². The highest BCUT2D eigenvalue weighted by Crippen LogP contribution is 2.33. The summed E-state index contributed by atoms with van der Waals surface area (Å²) in [6.45, 7) is 0.199. The number of phenols is 1. The standard InChI is InChI=1S/C14H11ClF3NO/c15-11-5-10(14(16,17)18)6-12(7-11)19-8-9-3-1-2-4-13(9)20/h1-7,19-20H,8H2. The van der Waals surface area contributed by atoms with Crippen molar-refractivity contribution in [2.45, 2.75) is 12.7 Å². The van der Waals surface area contributed by atoms with Crippen LogP contribution in [0, 0.1) is 0 Å². The van der Waals surface area contributed by atoms with E-state index in [4.69, 9.17) is 11.6 Å². The Morgan fingerprint density at radius 3 is 2.45 bits per heavy atom. The van der Waals surface area contributed by atoms with E-state index in [0.717, 1.165) is 12.1 Å². The van der Waals surface area contributed by atoms with Gasteiger partial charge in [0.2, 0.25) is 0 Å². The summed E-state index contributed by atoms with van der Waals surface area (Å²) in [6, 6.07) is 9.83. The first kappa shape index (κ1) is 14.5. The fourth-order valence-corrected chi connectivity index (χ4v) is 1.95. The summed E-state index contributed by atoms with van der Waals surface area (Å²) in [6.07, 6.45) is -4.45. The van der Waals surface area contributed by atoms with E-state index < -0.39 is 11.7 Å². The van der Waals surface area contributed by atoms with Crippen LogP contribution in [0.3, 0.4) is 0 Å². The molecule has 0 unspecified atom stereocenters. The summed E-state index contributed by atoms with van der Waals surface area (Å²) in [4.78, 5) is 0. The summed E-state index contributed by atoms with van der Waals surface area (Å²) in [7, 11) is 0. The molecule has 0 fully saturated rings. The summed E-state index contributed by atoms with van der Waals surface area (Å²) in [5.74, 6) is 0.0815. The molecule has 0 amide bonds. The molecule has 0 bridgehead atoms. The topological polar surface area (TPSA) is 32.3 Å². The zero-order valence-corrected chi connectivity index (χ0v) is 11.0. The number of para-hydroxylation sites is 1. The van der Waals surface area contributed by atoms with Crippen molar-refractivity contribution < 1.29 is 18.3 Å². The maximum atomic E-state index is 12.6. The number of hydrogen-bond acceptors (Lipinski definition) is 2. The first-order valence-corrected chi connectivity index (χ1v) is 6.12. The number of alkyl halides is 3. The quantitative estimate of drug-likeness (QED) is 0.863. The maximum Gasteiger partial charge on any atom is 0.416 e. The molecule has 2 aromatic carbocycles. The van der Waals surface area contributed by atoms with Gasteiger partial charge in [0.05, 0.1) is 5.56 Å². The summed E-state index contributed by atoms with van der Waals surface area (Å²) >= 11 is 5.68. The number of anilines is 1. The van der Waals surface area contributed by atoms with Gasteiger partial charge in [-0.2, -0.15) is 13.2 Å². The Morgan fingerprint density at radius 2 is 1.80 bits per heavy atom. The Kier molecular flexibility index (Phi) is 4.09. The smallest absolute Gasteiger partial charge is 0.416 e. The number of halogens is 4. The molecule has 2 aromatic rings. The van der Waals surface area contributed by atoms with Gasteiger partial charge < -0.3 is 10.4 Å². The van der Waals surface area contributed by atoms with E-state index in [1.54, 1.807) is 18.2 Å². The van der Waals surface area contributed by atoms with Gasteiger partial charge in [-0.05, 0) is 24.3 Å². The molecule has 2 rings (SSSR count). The molecule has 0 saturated carbocycles. The lowest BCUT2D eigenvalue weighted by Crippen LogP contribution is -2.07. The van der Waals surface area contributed by atoms with Crippen LogP contribution in [0.5, 0.6) is 5.75 Å². The molecule has 0 atom stereocenters. The summed E-state index contributed by atoms with van der Waals surface area (Å²) < 4.78 is 37.9. The van der Waals surface area contributed by atoms with Crippen molar-refractivity contribution >= 4 is 17.3 Å². The second kappa shape index (κ2) is 5.63. The fourth-order valence-electron chi connectivity index (χ4n) is 1.71. The molecule has 0 saturated heterocycles. The Hall–Kier alpha value is -1.88. The van der Waals surface area contributed by atoms with E-state index in [2.05, 4.69) is 5.32 Å². The van der Waals surface area contributed by atoms with E-state index in [0.29, 0.717) is 5.56 Å². The lowest BCUT2D eigenvalue weighted by atomic mass is 10.1. The third-order valence-corrected chi connectivity index (χ3v) is 2.92. The van der Waals surface area contributed by atoms with Crippen LogP contribution in [0.4, 0.5) is 18.9 Å². The van der Waals surface area contributed by atoms with Crippen molar-refractivity contribution in [1.29, 1.82) is 0 Å². The number of rotatable bonds is 3. The van der Waals surface area contributed by atoms with E-state index >= 15 is 0 Å². The number of benzene rings is 2. The lowest BCUT2D eigenvalue weighted by Gasteiger charge is -2.12. The highest BCUT2D eigenvalue weighted by molar-refractivity contribution is 6.30. The first-order chi connectivity index (χ1) is 9.36. The van der Waals surface area contributed by atoms with Crippen molar-refractivity contribution in [3.63, 3.8) is 0 Å². The van der Waals surface area contributed by atoms with Gasteiger partial charge in [-0.25, -0.2) is 0 Å². The molecule has 2 nitrogen and oxygen atoms in total. The molecule has 106 valence electrons. The van der Waals surface area contributed by atoms with Gasteiger partial charge in [-0.15, -0.1) is 0 Å². The van der Waals surface area contributed by atoms with Crippen molar-refractivity contribution in [3.05, 3.63) is 58.6 Å². The van der Waals surface area contributed by atoms with Gasteiger partial charge >= 0.3 is 6.18 Å². The van der Waals surface area contributed by atoms with E-state index in [9.17, 15) is 18.3 Å². The average Bonchev–Trinajstić information content (AvgIpc) is 2.36. The van der Waals surface area contributed by atoms with Gasteiger partial charge in [0, 0.05) is 22.8 Å². The third kappa shape index (κ3) is 3.57. The Bertz CT molecular complexity index is 614. The van der Waals surface area contributed by atoms with Crippen LogP contribution in [-0.2, 0) is 12.7 Å². The van der Waals surface area contributed by atoms with Crippen LogP contribution < -0.4 is 5.32 Å². The van der Waals surface area contributed by atoms with E-state index in [1.807, 2.05) is 0 Å². The van der Waals surface area contributed by atoms with Crippen LogP contribution >= 0.6 is 11.6 Å². The van der Waals surface area contributed by atoms with E-state index in [-0.39, 0.29) is 23.0 Å². The Labute approximate surface area is 118 Å². The molecule has 6 heteroatoms. The SMILES string of the molecule is Oc1ccccc1CNc1cc(Cl)cc(C(F)(F)F)c1. The van der Waals surface area contributed by atoms with Crippen LogP contribution in [0.25, 0.3) is 0 Å². The molecule has 20 heavy (non-hydrogen) atoms. The fraction of sp³-hybridized carbons (Fsp3) is 0.143. The van der Waals surface area contributed by atoms with Crippen molar-refractivity contribution in [3.8, 4) is 5.75 Å². The molecule has 0 aliphatic rings. The number of aromatic hydroxyl groups is 1. The number of hydrogen-bond donors (Lipinski definition) is 2. The first-order valence-electron chi connectivity index (χ1n) is 5.75. The molecule has 2 N–H and O–H groups in total. The minimum atomic E-state index is -4.45. The second-order valence-corrected chi connectivity index (χ2v) is 4.65. The largest absolute Gasteiger partial charge is 0.508 e. The molecule has 0 aromatic heterocycles. The van der Waals surface area contributed by atoms with E-state index in [1.165, 1.54) is 12.1 Å². The van der Waals surface area contributed by atoms with Crippen LogP contribution in [0.1, 0.15) is 11.1 Å². The Morgan fingerprint density at radius 1 is 1.10 bits per heavy atom. The van der Waals surface area contributed by atoms with Crippen LogP contribution in [0.15, 0.2) is 42.5 Å². The highest BCUT2D eigenvalue weighted by Gasteiger charge is 2.31. The zero-order valence-electron chi connectivity index (χ0n) is 10.2. The molecule has 0 radical (unpaired) electrons. The molecule has 0 heterocycles. The molecular weight excluding hydrogens is 291 g/mol. The van der Waals surface area contributed by atoms with Gasteiger partial charge in [0.1, 0.15) is 5.75 Å². The molecule has 0 aliphatic carbocycles. The van der Waals surface area contributed by atoms with Crippen molar-refractivity contribution in [2.24, 2.45) is 0 Å². The maximum absolute atomic E-state index is 12.6. The highest BCUT2D eigenvalue weighted by atomic mass is 35.5. The average molecular weight is 302 g/mol. The lowest BCUT2D eigenvalue weighted by molar-refractivity contribution is -0.137. The van der Waals surface area contributed by atoms with Crippen LogP contribution in [-0.4, -0.2) is 5.11 Å². The van der Waals surface area contributed by atoms with Gasteiger partial charge in [0.15, 0.2) is 0 Å². The van der Waals surface area contributed by atoms with Crippen LogP contribution in [0.2, 0.25) is 5.02 Å². The van der Waals surface area contributed by atoms with Crippen molar-refractivity contribution in [1.82, 2.24) is 0 Å². The Balaban J connectivity index is 2.18. The summed E-state index contributed by atoms with van der Waals surface area (Å²) in [5.41, 5.74) is 0.0129. The molecule has 0 aliphatic heterocycles. The van der Waals surface area contributed by atoms with Gasteiger partial charge in [-0.3, -0.25) is 0 Å². The predicted octanol–water partition coefficient (Wildman–Crippen LogP) is 4.68. The molecule has 0 spiro atoms. The third-order valence-electron chi connectivity index (χ3n) is 2.70.